The van der Waals surface area contributed by atoms with E-state index in [1.54, 1.807) is 12.2 Å². The van der Waals surface area contributed by atoms with Gasteiger partial charge in [-0.3, -0.25) is 43.2 Å². The van der Waals surface area contributed by atoms with Gasteiger partial charge in [0, 0.05) is 31.6 Å². The van der Waals surface area contributed by atoms with Crippen LogP contribution in [-0.4, -0.2) is 91.6 Å². The Labute approximate surface area is 509 Å². The standard InChI is InChI=1S/C69H110O16/c1-5-8-10-33-43-57(62(69(82)83)52-65(76)77)44-36-28-24-25-31-39-47-67(79)85-59(49-48-58(71)45-37-29-22-18-14-12-11-13-16-20-26-34-40-55(7-3)61(68(80)81)51-64(74)75)53-84-66(78)46-38-30-23-19-15-17-21-27-35-42-56(41-32-9-6-2)60(54(4)70)50-63(72)73/h11,13,20-21,26-27,34-36,40,42,44,55-57,59-62H,5-10,12,14-19,22-25,28-33,37-39,41,43,45-53H2,1-4H3,(H,72,73)(H,74,75)(H,76,77)(H,80,81)(H,82,83)/b13-11-,26-20-,27-21-,40-34+,42-35+,44-36+. The maximum absolute atomic E-state index is 13.1. The minimum atomic E-state index is -1.13. The molecule has 7 unspecified atom stereocenters. The lowest BCUT2D eigenvalue weighted by atomic mass is 9.82. The molecule has 0 spiro atoms. The van der Waals surface area contributed by atoms with Crippen LogP contribution in [0.15, 0.2) is 72.9 Å². The predicted molar refractivity (Wildman–Crippen MR) is 334 cm³/mol. The predicted octanol–water partition coefficient (Wildman–Crippen LogP) is 16.2. The van der Waals surface area contributed by atoms with Crippen LogP contribution in [0.5, 0.6) is 0 Å². The molecule has 16 heteroatoms. The van der Waals surface area contributed by atoms with E-state index >= 15 is 0 Å². The summed E-state index contributed by atoms with van der Waals surface area (Å²) < 4.78 is 11.4. The van der Waals surface area contributed by atoms with Crippen LogP contribution in [0.1, 0.15) is 259 Å². The van der Waals surface area contributed by atoms with Crippen LogP contribution in [-0.2, 0) is 52.6 Å². The van der Waals surface area contributed by atoms with Crippen molar-refractivity contribution >= 4 is 53.4 Å². The lowest BCUT2D eigenvalue weighted by molar-refractivity contribution is -0.160. The van der Waals surface area contributed by atoms with Crippen LogP contribution >= 0.6 is 0 Å². The van der Waals surface area contributed by atoms with E-state index in [1.807, 2.05) is 49.5 Å². The highest BCUT2D eigenvalue weighted by Gasteiger charge is 2.30. The van der Waals surface area contributed by atoms with E-state index in [0.29, 0.717) is 38.5 Å². The molecule has 85 heavy (non-hydrogen) atoms. The van der Waals surface area contributed by atoms with Crippen molar-refractivity contribution in [3.8, 4) is 0 Å². The number of rotatable bonds is 58. The van der Waals surface area contributed by atoms with Crippen molar-refractivity contribution in [2.75, 3.05) is 6.61 Å². The minimum Gasteiger partial charge on any atom is -0.481 e. The molecule has 5 N–H and O–H groups in total. The molecule has 7 atom stereocenters. The maximum atomic E-state index is 13.1. The number of carbonyl (C=O) groups excluding carboxylic acids is 4. The van der Waals surface area contributed by atoms with Crippen molar-refractivity contribution in [2.45, 2.75) is 265 Å². The van der Waals surface area contributed by atoms with E-state index < -0.39 is 72.5 Å². The number of carbonyl (C=O) groups is 9. The zero-order valence-electron chi connectivity index (χ0n) is 52.4. The van der Waals surface area contributed by atoms with Crippen LogP contribution in [0.2, 0.25) is 0 Å². The third kappa shape index (κ3) is 46.0. The smallest absolute Gasteiger partial charge is 0.307 e. The second-order valence-electron chi connectivity index (χ2n) is 22.8. The van der Waals surface area contributed by atoms with E-state index in [-0.39, 0.29) is 74.0 Å². The highest BCUT2D eigenvalue weighted by atomic mass is 16.6. The topological polar surface area (TPSA) is 273 Å². The lowest BCUT2D eigenvalue weighted by Crippen LogP contribution is -2.26. The number of carboxylic acid groups (broad SMARTS) is 5. The molecule has 0 rings (SSSR count). The van der Waals surface area contributed by atoms with Crippen LogP contribution in [0, 0.1) is 35.5 Å². The van der Waals surface area contributed by atoms with Gasteiger partial charge < -0.3 is 35.0 Å². The number of carboxylic acids is 5. The fraction of sp³-hybridized carbons (Fsp3) is 0.696. The monoisotopic (exact) mass is 1190 g/mol. The first-order valence-corrected chi connectivity index (χ1v) is 32.3. The van der Waals surface area contributed by atoms with Crippen LogP contribution in [0.25, 0.3) is 0 Å². The highest BCUT2D eigenvalue weighted by Crippen LogP contribution is 2.28. The zero-order chi connectivity index (χ0) is 63.3. The molecule has 0 aromatic heterocycles. The molecule has 0 aliphatic heterocycles. The first kappa shape index (κ1) is 79.1. The van der Waals surface area contributed by atoms with E-state index in [1.165, 1.54) is 6.92 Å². The molecular formula is C69H110O16. The second kappa shape index (κ2) is 53.5. The Morgan fingerprint density at radius 1 is 0.400 bits per heavy atom. The zero-order valence-corrected chi connectivity index (χ0v) is 52.4. The Bertz CT molecular complexity index is 2060. The van der Waals surface area contributed by atoms with Crippen molar-refractivity contribution in [1.29, 1.82) is 0 Å². The molecule has 0 aliphatic carbocycles. The SMILES string of the molecule is CCCCCCC(/C=C/CCCCCCC(=O)OC(CCC(=O)CCCCCCC/C=C\C/C=C\C=C\C(CC)C(CC(=O)O)C(=O)O)COC(=O)CCCCCCC/C=C\C=C\C(CCCCC)C(CC(=O)O)C(C)=O)C(CC(=O)O)C(=O)O. The quantitative estimate of drug-likeness (QED) is 0.0164. The number of aliphatic carboxylic acids is 5. The number of hydrogen-bond acceptors (Lipinski definition) is 11. The lowest BCUT2D eigenvalue weighted by Gasteiger charge is -2.21. The molecule has 0 bridgehead atoms. The molecule has 0 fully saturated rings. The van der Waals surface area contributed by atoms with Crippen molar-refractivity contribution in [3.05, 3.63) is 72.9 Å². The third-order valence-corrected chi connectivity index (χ3v) is 15.5. The van der Waals surface area contributed by atoms with Crippen LogP contribution in [0.4, 0.5) is 0 Å². The molecule has 0 heterocycles. The third-order valence-electron chi connectivity index (χ3n) is 15.5. The number of esters is 2. The van der Waals surface area contributed by atoms with Crippen LogP contribution < -0.4 is 0 Å². The normalized spacial score (nSPS) is 14.5. The summed E-state index contributed by atoms with van der Waals surface area (Å²) in [5.74, 6) is -9.55. The number of unbranched alkanes of at least 4 members (excludes halogenated alkanes) is 19. The van der Waals surface area contributed by atoms with Gasteiger partial charge in [0.15, 0.2) is 0 Å². The van der Waals surface area contributed by atoms with Crippen LogP contribution in [0.3, 0.4) is 0 Å². The van der Waals surface area contributed by atoms with Gasteiger partial charge in [0.2, 0.25) is 0 Å². The van der Waals surface area contributed by atoms with Gasteiger partial charge in [-0.15, -0.1) is 0 Å². The average molecular weight is 1200 g/mol. The average Bonchev–Trinajstić information content (AvgIpc) is 3.62. The summed E-state index contributed by atoms with van der Waals surface area (Å²) in [5, 5.41) is 46.9. The van der Waals surface area contributed by atoms with Gasteiger partial charge >= 0.3 is 41.8 Å². The van der Waals surface area contributed by atoms with Crippen molar-refractivity contribution in [3.63, 3.8) is 0 Å². The van der Waals surface area contributed by atoms with Gasteiger partial charge in [-0.05, 0) is 115 Å². The number of allylic oxidation sites excluding steroid dienone is 12. The van der Waals surface area contributed by atoms with Gasteiger partial charge in [-0.1, -0.05) is 190 Å². The fourth-order valence-corrected chi connectivity index (χ4v) is 10.4. The van der Waals surface area contributed by atoms with Gasteiger partial charge in [0.1, 0.15) is 24.3 Å². The number of ketones is 2. The molecule has 482 valence electrons. The fourth-order valence-electron chi connectivity index (χ4n) is 10.4. The summed E-state index contributed by atoms with van der Waals surface area (Å²) in [6.07, 6.45) is 47.0. The minimum absolute atomic E-state index is 0.0665. The molecule has 0 saturated carbocycles. The van der Waals surface area contributed by atoms with E-state index in [9.17, 15) is 63.6 Å². The van der Waals surface area contributed by atoms with Gasteiger partial charge in [-0.25, -0.2) is 0 Å². The summed E-state index contributed by atoms with van der Waals surface area (Å²) in [6.45, 7) is 7.39. The van der Waals surface area contributed by atoms with E-state index in [2.05, 4.69) is 32.1 Å². The number of Topliss-reactive ketones (excluding diaryl/α,β-unsaturated/α-hetero) is 2. The largest absolute Gasteiger partial charge is 0.481 e. The van der Waals surface area contributed by atoms with Crippen molar-refractivity contribution < 1.29 is 78.2 Å². The number of ether oxygens (including phenoxy) is 2. The molecule has 0 saturated heterocycles. The van der Waals surface area contributed by atoms with Gasteiger partial charge in [0.25, 0.3) is 0 Å². The summed E-state index contributed by atoms with van der Waals surface area (Å²) in [5.41, 5.74) is 0. The maximum Gasteiger partial charge on any atom is 0.307 e. The first-order chi connectivity index (χ1) is 40.9. The first-order valence-electron chi connectivity index (χ1n) is 32.3. The Morgan fingerprint density at radius 3 is 1.40 bits per heavy atom. The summed E-state index contributed by atoms with van der Waals surface area (Å²) in [4.78, 5) is 109. The van der Waals surface area contributed by atoms with Crippen molar-refractivity contribution in [2.24, 2.45) is 35.5 Å². The molecule has 0 amide bonds. The molecule has 0 aromatic carbocycles. The molecular weight excluding hydrogens is 1080 g/mol. The molecule has 0 aliphatic rings. The van der Waals surface area contributed by atoms with E-state index in [0.717, 1.165) is 148 Å². The highest BCUT2D eigenvalue weighted by molar-refractivity contribution is 5.83. The Hall–Kier alpha value is -5.93. The summed E-state index contributed by atoms with van der Waals surface area (Å²) >= 11 is 0. The molecule has 0 aromatic rings. The van der Waals surface area contributed by atoms with Crippen molar-refractivity contribution in [1.82, 2.24) is 0 Å². The summed E-state index contributed by atoms with van der Waals surface area (Å²) in [7, 11) is 0. The van der Waals surface area contributed by atoms with Gasteiger partial charge in [-0.2, -0.15) is 0 Å². The Morgan fingerprint density at radius 2 is 0.847 bits per heavy atom. The molecule has 16 nitrogen and oxygen atoms in total. The Balaban J connectivity index is 5.13. The summed E-state index contributed by atoms with van der Waals surface area (Å²) in [6, 6.07) is 0. The second-order valence-corrected chi connectivity index (χ2v) is 22.8. The number of hydrogen-bond donors (Lipinski definition) is 5. The van der Waals surface area contributed by atoms with E-state index in [4.69, 9.17) is 14.6 Å². The van der Waals surface area contributed by atoms with Gasteiger partial charge in [0.05, 0.1) is 31.1 Å². The molecule has 0 radical (unpaired) electrons. The Kier molecular flexibility index (Phi) is 49.8.